The van der Waals surface area contributed by atoms with Crippen LogP contribution in [0.25, 0.3) is 0 Å². The molecule has 3 heteroatoms. The van der Waals surface area contributed by atoms with Crippen LogP contribution >= 0.6 is 0 Å². The lowest BCUT2D eigenvalue weighted by Crippen LogP contribution is -2.29. The fourth-order valence-electron chi connectivity index (χ4n) is 2.20. The second-order valence-corrected chi connectivity index (χ2v) is 5.64. The van der Waals surface area contributed by atoms with Crippen molar-refractivity contribution in [3.8, 4) is 5.75 Å². The minimum atomic E-state index is 0.146. The fourth-order valence-corrected chi connectivity index (χ4v) is 2.20. The normalized spacial score (nSPS) is 11.2. The van der Waals surface area contributed by atoms with Crippen LogP contribution in [0.3, 0.4) is 0 Å². The van der Waals surface area contributed by atoms with E-state index in [4.69, 9.17) is 4.74 Å². The summed E-state index contributed by atoms with van der Waals surface area (Å²) >= 11 is 0. The van der Waals surface area contributed by atoms with E-state index in [0.29, 0.717) is 19.1 Å². The van der Waals surface area contributed by atoms with Gasteiger partial charge in [0.05, 0.1) is 18.7 Å². The highest BCUT2D eigenvalue weighted by atomic mass is 16.5. The van der Waals surface area contributed by atoms with Crippen molar-refractivity contribution < 1.29 is 9.53 Å². The van der Waals surface area contributed by atoms with Gasteiger partial charge in [0.2, 0.25) is 0 Å². The maximum atomic E-state index is 12.6. The fraction of sp³-hybridized carbons (Fsp3) is 0.611. The first kappa shape index (κ1) is 17.7. The lowest BCUT2D eigenvalue weighted by molar-refractivity contribution is 0.0933. The smallest absolute Gasteiger partial charge is 0.180 e. The van der Waals surface area contributed by atoms with E-state index in [1.807, 2.05) is 12.1 Å². The molecule has 0 heterocycles. The highest BCUT2D eigenvalue weighted by Crippen LogP contribution is 2.25. The average molecular weight is 291 g/mol. The predicted octanol–water partition coefficient (Wildman–Crippen LogP) is 4.12. The van der Waals surface area contributed by atoms with Gasteiger partial charge in [-0.3, -0.25) is 9.69 Å². The predicted molar refractivity (Wildman–Crippen MR) is 88.4 cm³/mol. The molecule has 118 valence electrons. The quantitative estimate of drug-likeness (QED) is 0.641. The molecule has 0 bridgehead atoms. The largest absolute Gasteiger partial charge is 0.493 e. The van der Waals surface area contributed by atoms with Crippen molar-refractivity contribution >= 4 is 5.78 Å². The van der Waals surface area contributed by atoms with E-state index in [1.54, 1.807) is 0 Å². The summed E-state index contributed by atoms with van der Waals surface area (Å²) in [6, 6.07) is 6.01. The first-order valence-corrected chi connectivity index (χ1v) is 8.05. The minimum Gasteiger partial charge on any atom is -0.493 e. The molecule has 1 aromatic carbocycles. The van der Waals surface area contributed by atoms with Gasteiger partial charge in [0.1, 0.15) is 5.75 Å². The van der Waals surface area contributed by atoms with E-state index in [2.05, 4.69) is 45.6 Å². The summed E-state index contributed by atoms with van der Waals surface area (Å²) in [6.45, 7) is 13.4. The van der Waals surface area contributed by atoms with Crippen LogP contribution in [-0.2, 0) is 0 Å². The third-order valence-electron chi connectivity index (χ3n) is 3.69. The Hall–Kier alpha value is -1.35. The van der Waals surface area contributed by atoms with Crippen LogP contribution in [0.1, 0.15) is 62.9 Å². The number of ether oxygens (including phenoxy) is 1. The minimum absolute atomic E-state index is 0.146. The molecule has 0 amide bonds. The molecule has 0 radical (unpaired) electrons. The molecule has 0 aliphatic carbocycles. The summed E-state index contributed by atoms with van der Waals surface area (Å²) in [7, 11) is 0. The Bertz CT molecular complexity index is 451. The number of Topliss-reactive ketones (excluding diaryl/α,β-unsaturated/α-hetero) is 1. The monoisotopic (exact) mass is 291 g/mol. The van der Waals surface area contributed by atoms with Gasteiger partial charge in [-0.15, -0.1) is 0 Å². The van der Waals surface area contributed by atoms with Gasteiger partial charge >= 0.3 is 0 Å². The standard InChI is InChI=1S/C18H29NO2/c1-6-11-21-18-10-9-15(14(4)5)12-16(18)17(20)13-19(7-2)8-3/h9-10,12,14H,6-8,11,13H2,1-5H3. The molecule has 21 heavy (non-hydrogen) atoms. The Balaban J connectivity index is 3.03. The number of carbonyl (C=O) groups excluding carboxylic acids is 1. The Kier molecular flexibility index (Phi) is 7.44. The van der Waals surface area contributed by atoms with Crippen LogP contribution in [0, 0.1) is 0 Å². The second kappa shape index (κ2) is 8.83. The number of ketones is 1. The van der Waals surface area contributed by atoms with Crippen LogP contribution in [-0.4, -0.2) is 36.9 Å². The number of carbonyl (C=O) groups is 1. The van der Waals surface area contributed by atoms with E-state index in [0.717, 1.165) is 30.8 Å². The van der Waals surface area contributed by atoms with Gasteiger partial charge in [-0.25, -0.2) is 0 Å². The van der Waals surface area contributed by atoms with Crippen molar-refractivity contribution in [2.24, 2.45) is 0 Å². The van der Waals surface area contributed by atoms with Gasteiger partial charge in [-0.2, -0.15) is 0 Å². The molecule has 0 unspecified atom stereocenters. The summed E-state index contributed by atoms with van der Waals surface area (Å²) in [6.07, 6.45) is 0.940. The summed E-state index contributed by atoms with van der Waals surface area (Å²) < 4.78 is 5.75. The van der Waals surface area contributed by atoms with Gasteiger partial charge in [0.15, 0.2) is 5.78 Å². The first-order chi connectivity index (χ1) is 10.0. The summed E-state index contributed by atoms with van der Waals surface area (Å²) in [5.74, 6) is 1.27. The Labute approximate surface area is 129 Å². The number of rotatable bonds is 9. The van der Waals surface area contributed by atoms with Gasteiger partial charge < -0.3 is 4.74 Å². The van der Waals surface area contributed by atoms with E-state index < -0.39 is 0 Å². The summed E-state index contributed by atoms with van der Waals surface area (Å²) in [4.78, 5) is 14.7. The van der Waals surface area contributed by atoms with E-state index in [-0.39, 0.29) is 5.78 Å². The number of nitrogens with zero attached hydrogens (tertiary/aromatic N) is 1. The molecule has 3 nitrogen and oxygen atoms in total. The molecule has 0 saturated heterocycles. The Morgan fingerprint density at radius 1 is 1.19 bits per heavy atom. The molecule has 0 spiro atoms. The maximum Gasteiger partial charge on any atom is 0.180 e. The maximum absolute atomic E-state index is 12.6. The van der Waals surface area contributed by atoms with Crippen LogP contribution in [0.5, 0.6) is 5.75 Å². The van der Waals surface area contributed by atoms with Crippen molar-refractivity contribution in [1.29, 1.82) is 0 Å². The molecule has 0 N–H and O–H groups in total. The third kappa shape index (κ3) is 5.16. The molecule has 1 aromatic rings. The molecule has 0 atom stereocenters. The molecule has 1 rings (SSSR count). The molecule has 0 aliphatic rings. The van der Waals surface area contributed by atoms with Gasteiger partial charge in [0, 0.05) is 0 Å². The average Bonchev–Trinajstić information content (AvgIpc) is 2.49. The van der Waals surface area contributed by atoms with Gasteiger partial charge in [-0.05, 0) is 43.1 Å². The molecular formula is C18H29NO2. The zero-order chi connectivity index (χ0) is 15.8. The van der Waals surface area contributed by atoms with Gasteiger partial charge in [0.25, 0.3) is 0 Å². The van der Waals surface area contributed by atoms with Crippen molar-refractivity contribution in [2.45, 2.75) is 47.0 Å². The SMILES string of the molecule is CCCOc1ccc(C(C)C)cc1C(=O)CN(CC)CC. The molecule has 0 saturated carbocycles. The molecule has 0 aliphatic heterocycles. The van der Waals surface area contributed by atoms with E-state index in [9.17, 15) is 4.79 Å². The zero-order valence-corrected chi connectivity index (χ0v) is 14.1. The van der Waals surface area contributed by atoms with Crippen LogP contribution in [0.2, 0.25) is 0 Å². The van der Waals surface area contributed by atoms with Gasteiger partial charge in [-0.1, -0.05) is 40.7 Å². The summed E-state index contributed by atoms with van der Waals surface area (Å²) in [5.41, 5.74) is 1.91. The van der Waals surface area contributed by atoms with Crippen LogP contribution in [0.4, 0.5) is 0 Å². The number of hydrogen-bond acceptors (Lipinski definition) is 3. The molecular weight excluding hydrogens is 262 g/mol. The van der Waals surface area contributed by atoms with Crippen LogP contribution in [0.15, 0.2) is 18.2 Å². The van der Waals surface area contributed by atoms with E-state index >= 15 is 0 Å². The number of likely N-dealkylation sites (N-methyl/N-ethyl adjacent to an activating group) is 1. The molecule has 0 fully saturated rings. The lowest BCUT2D eigenvalue weighted by atomic mass is 9.98. The van der Waals surface area contributed by atoms with Crippen molar-refractivity contribution in [3.05, 3.63) is 29.3 Å². The lowest BCUT2D eigenvalue weighted by Gasteiger charge is -2.19. The van der Waals surface area contributed by atoms with Crippen LogP contribution < -0.4 is 4.74 Å². The highest BCUT2D eigenvalue weighted by molar-refractivity contribution is 6.00. The third-order valence-corrected chi connectivity index (χ3v) is 3.69. The van der Waals surface area contributed by atoms with Crippen molar-refractivity contribution in [2.75, 3.05) is 26.2 Å². The zero-order valence-electron chi connectivity index (χ0n) is 14.1. The van der Waals surface area contributed by atoms with E-state index in [1.165, 1.54) is 5.56 Å². The summed E-state index contributed by atoms with van der Waals surface area (Å²) in [5, 5.41) is 0. The van der Waals surface area contributed by atoms with Crippen molar-refractivity contribution in [1.82, 2.24) is 4.90 Å². The first-order valence-electron chi connectivity index (χ1n) is 8.05. The topological polar surface area (TPSA) is 29.5 Å². The van der Waals surface area contributed by atoms with Crippen molar-refractivity contribution in [3.63, 3.8) is 0 Å². The number of hydrogen-bond donors (Lipinski definition) is 0. The highest BCUT2D eigenvalue weighted by Gasteiger charge is 2.16. The Morgan fingerprint density at radius 2 is 1.86 bits per heavy atom. The number of benzene rings is 1. The molecule has 0 aromatic heterocycles. The Morgan fingerprint density at radius 3 is 2.38 bits per heavy atom. The second-order valence-electron chi connectivity index (χ2n) is 5.64.